The fraction of sp³-hybridized carbons (Fsp3) is 0.833. The molecule has 0 aromatic carbocycles. The van der Waals surface area contributed by atoms with Crippen LogP contribution in [0.15, 0.2) is 18.3 Å². The van der Waals surface area contributed by atoms with Crippen molar-refractivity contribution in [1.82, 2.24) is 24.5 Å². The van der Waals surface area contributed by atoms with E-state index in [1.807, 2.05) is 46.2 Å². The van der Waals surface area contributed by atoms with Crippen molar-refractivity contribution in [2.45, 2.75) is 159 Å². The Labute approximate surface area is 324 Å². The first-order valence-corrected chi connectivity index (χ1v) is 19.7. The number of aromatic nitrogens is 2. The molecular weight excluding hydrogens is 698 g/mol. The molecule has 0 saturated carbocycles. The van der Waals surface area contributed by atoms with E-state index in [0.717, 1.165) is 49.7 Å². The summed E-state index contributed by atoms with van der Waals surface area (Å²) in [6.07, 6.45) is 4.06. The summed E-state index contributed by atoms with van der Waals surface area (Å²) in [5, 5.41) is 4.53. The number of alkyl halides is 4. The van der Waals surface area contributed by atoms with Crippen molar-refractivity contribution in [3.05, 3.63) is 24.0 Å². The summed E-state index contributed by atoms with van der Waals surface area (Å²) in [5.41, 5.74) is 1.23. The molecule has 2 atom stereocenters. The summed E-state index contributed by atoms with van der Waals surface area (Å²) in [7, 11) is 0. The van der Waals surface area contributed by atoms with Crippen LogP contribution in [0.2, 0.25) is 0 Å². The number of allylic oxidation sites excluding steroid dienone is 1. The molecule has 4 aliphatic rings. The number of halogens is 4. The predicted octanol–water partition coefficient (Wildman–Crippen LogP) is 9.52. The second kappa shape index (κ2) is 18.4. The third-order valence-electron chi connectivity index (χ3n) is 8.92. The average Bonchev–Trinajstić information content (AvgIpc) is 3.66. The molecule has 0 bridgehead atoms. The first-order valence-electron chi connectivity index (χ1n) is 19.7. The number of ether oxygens (including phenoxy) is 1. The minimum absolute atomic E-state index is 0.00544. The van der Waals surface area contributed by atoms with Crippen LogP contribution in [0.4, 0.5) is 17.6 Å². The fourth-order valence-electron chi connectivity index (χ4n) is 6.42. The van der Waals surface area contributed by atoms with E-state index in [4.69, 9.17) is 4.74 Å². The molecule has 4 aliphatic heterocycles. The Hall–Kier alpha value is -2.79. The number of aryl methyl sites for hydroxylation is 1. The van der Waals surface area contributed by atoms with Gasteiger partial charge in [-0.3, -0.25) is 9.59 Å². The quantitative estimate of drug-likeness (QED) is 0.279. The van der Waals surface area contributed by atoms with Crippen LogP contribution in [0.3, 0.4) is 0 Å². The molecule has 312 valence electrons. The molecule has 54 heavy (non-hydrogen) atoms. The zero-order valence-corrected chi connectivity index (χ0v) is 35.9. The molecule has 2 amide bonds. The lowest BCUT2D eigenvalue weighted by molar-refractivity contribution is -0.133. The monoisotopic (exact) mass is 772 g/mol. The van der Waals surface area contributed by atoms with Gasteiger partial charge in [-0.2, -0.15) is 5.10 Å². The Kier molecular flexibility index (Phi) is 16.2. The highest BCUT2D eigenvalue weighted by Gasteiger charge is 2.44. The maximum Gasteiger partial charge on any atom is 0.282 e. The van der Waals surface area contributed by atoms with Gasteiger partial charge in [0.05, 0.1) is 38.5 Å². The molecule has 0 N–H and O–H groups in total. The van der Waals surface area contributed by atoms with Gasteiger partial charge in [0.2, 0.25) is 17.7 Å². The minimum atomic E-state index is -2.49. The molecule has 0 radical (unpaired) electrons. The van der Waals surface area contributed by atoms with Gasteiger partial charge in [0.15, 0.2) is 0 Å². The lowest BCUT2D eigenvalue weighted by Crippen LogP contribution is -2.55. The highest BCUT2D eigenvalue weighted by molar-refractivity contribution is 5.77. The molecule has 1 aromatic heterocycles. The molecule has 0 aliphatic carbocycles. The van der Waals surface area contributed by atoms with Gasteiger partial charge >= 0.3 is 0 Å². The zero-order valence-electron chi connectivity index (χ0n) is 35.9. The van der Waals surface area contributed by atoms with E-state index < -0.39 is 17.8 Å². The second-order valence-electron chi connectivity index (χ2n) is 20.8. The van der Waals surface area contributed by atoms with Crippen molar-refractivity contribution in [2.24, 2.45) is 21.7 Å². The Morgan fingerprint density at radius 1 is 0.796 bits per heavy atom. The Morgan fingerprint density at radius 2 is 1.33 bits per heavy atom. The summed E-state index contributed by atoms with van der Waals surface area (Å²) in [6, 6.07) is 2.07. The van der Waals surface area contributed by atoms with Crippen LogP contribution in [0, 0.1) is 21.7 Å². The summed E-state index contributed by atoms with van der Waals surface area (Å²) in [5.74, 6) is -1.37. The highest BCUT2D eigenvalue weighted by atomic mass is 19.3. The van der Waals surface area contributed by atoms with E-state index in [1.54, 1.807) is 21.6 Å². The lowest BCUT2D eigenvalue weighted by atomic mass is 9.89. The molecule has 0 spiro atoms. The van der Waals surface area contributed by atoms with Crippen LogP contribution in [0.25, 0.3) is 0 Å². The molecule has 5 heterocycles. The molecule has 2 unspecified atom stereocenters. The van der Waals surface area contributed by atoms with E-state index in [9.17, 15) is 27.2 Å². The van der Waals surface area contributed by atoms with Gasteiger partial charge in [-0.1, -0.05) is 89.7 Å². The van der Waals surface area contributed by atoms with Crippen molar-refractivity contribution in [2.75, 3.05) is 45.9 Å². The van der Waals surface area contributed by atoms with Gasteiger partial charge in [0.25, 0.3) is 5.92 Å². The summed E-state index contributed by atoms with van der Waals surface area (Å²) >= 11 is 0. The number of carbonyl (C=O) groups is 2. The predicted molar refractivity (Wildman–Crippen MR) is 210 cm³/mol. The Morgan fingerprint density at radius 3 is 1.74 bits per heavy atom. The summed E-state index contributed by atoms with van der Waals surface area (Å²) in [6.45, 7) is 33.7. The standard InChI is InChI=1S/C11H20FNO.C11H18N2O.C10H17F2N.C10H18FNO/c1-10(2,3)7-9(14)13-6-5-11(4,12)8-13;1-11(2,3)8-9-7-10-13(12-9)5-4-6-14-10;1-8(5-9(2,3)4)13-6-10(11,12)7-13;1-10(2,3)6-9(13)12-5-4-8(11)7-12/h5-8H2,1-4H3;7H,4-6,8H2,1-3H3;1,5-7H2,2-4H3;8H,4-7H2,1-3H3. The first-order chi connectivity index (χ1) is 24.3. The highest BCUT2D eigenvalue weighted by Crippen LogP contribution is 2.34. The number of rotatable bonds is 5. The van der Waals surface area contributed by atoms with E-state index in [1.165, 1.54) is 0 Å². The van der Waals surface area contributed by atoms with E-state index in [-0.39, 0.29) is 47.7 Å². The third-order valence-corrected chi connectivity index (χ3v) is 8.92. The normalized spacial score (nSPS) is 22.3. The molecule has 8 nitrogen and oxygen atoms in total. The smallest absolute Gasteiger partial charge is 0.282 e. The SMILES string of the molecule is C=C(CC(C)(C)C)N1CC(F)(F)C1.CC(C)(C)CC(=O)N1CCC(C)(F)C1.CC(C)(C)CC(=O)N1CCC(F)C1.CC(C)(C)Cc1cc2n(n1)CCCO2. The van der Waals surface area contributed by atoms with Crippen LogP contribution in [-0.2, 0) is 22.6 Å². The number of carbonyl (C=O) groups excluding carboxylic acids is 2. The molecule has 3 fully saturated rings. The molecular formula is C42H73F4N5O3. The van der Waals surface area contributed by atoms with Crippen molar-refractivity contribution in [3.63, 3.8) is 0 Å². The van der Waals surface area contributed by atoms with Gasteiger partial charge in [-0.05, 0) is 47.8 Å². The number of hydrogen-bond donors (Lipinski definition) is 0. The number of fused-ring (bicyclic) bond motifs is 1. The molecule has 3 saturated heterocycles. The Balaban J connectivity index is 0.000000249. The van der Waals surface area contributed by atoms with Crippen LogP contribution in [0.5, 0.6) is 5.88 Å². The largest absolute Gasteiger partial charge is 0.478 e. The van der Waals surface area contributed by atoms with Crippen LogP contribution < -0.4 is 4.74 Å². The van der Waals surface area contributed by atoms with E-state index >= 15 is 0 Å². The number of hydrogen-bond acceptors (Lipinski definition) is 5. The third kappa shape index (κ3) is 18.7. The van der Waals surface area contributed by atoms with Crippen LogP contribution >= 0.6 is 0 Å². The van der Waals surface area contributed by atoms with Gasteiger partial charge in [-0.15, -0.1) is 0 Å². The number of amides is 2. The molecule has 5 rings (SSSR count). The van der Waals surface area contributed by atoms with Crippen molar-refractivity contribution < 1.29 is 31.9 Å². The lowest BCUT2D eigenvalue weighted by Gasteiger charge is -2.42. The van der Waals surface area contributed by atoms with E-state index in [0.29, 0.717) is 50.7 Å². The molecule has 1 aromatic rings. The van der Waals surface area contributed by atoms with Gasteiger partial charge in [0, 0.05) is 57.1 Å². The number of likely N-dealkylation sites (tertiary alicyclic amines) is 3. The average molecular weight is 772 g/mol. The summed E-state index contributed by atoms with van der Waals surface area (Å²) in [4.78, 5) is 28.2. The first kappa shape index (κ1) is 47.4. The number of nitrogens with zero attached hydrogens (tertiary/aromatic N) is 5. The maximum atomic E-state index is 13.5. The van der Waals surface area contributed by atoms with Gasteiger partial charge in [-0.25, -0.2) is 22.2 Å². The van der Waals surface area contributed by atoms with Crippen molar-refractivity contribution in [3.8, 4) is 5.88 Å². The van der Waals surface area contributed by atoms with Crippen LogP contribution in [0.1, 0.15) is 134 Å². The Bertz CT molecular complexity index is 1350. The molecule has 12 heteroatoms. The topological polar surface area (TPSA) is 70.9 Å². The van der Waals surface area contributed by atoms with Crippen molar-refractivity contribution in [1.29, 1.82) is 0 Å². The van der Waals surface area contributed by atoms with E-state index in [2.05, 4.69) is 59.3 Å². The fourth-order valence-corrected chi connectivity index (χ4v) is 6.42. The zero-order chi connectivity index (χ0) is 41.5. The van der Waals surface area contributed by atoms with Crippen molar-refractivity contribution >= 4 is 11.8 Å². The maximum absolute atomic E-state index is 13.5. The van der Waals surface area contributed by atoms with Gasteiger partial charge in [0.1, 0.15) is 11.8 Å². The van der Waals surface area contributed by atoms with Crippen LogP contribution in [-0.4, -0.2) is 99.9 Å². The minimum Gasteiger partial charge on any atom is -0.478 e. The second-order valence-corrected chi connectivity index (χ2v) is 20.8. The summed E-state index contributed by atoms with van der Waals surface area (Å²) < 4.78 is 58.7. The van der Waals surface area contributed by atoms with Gasteiger partial charge < -0.3 is 19.4 Å².